The zero-order chi connectivity index (χ0) is 18.0. The molecule has 7 nitrogen and oxygen atoms in total. The Balaban J connectivity index is 1.75. The van der Waals surface area contributed by atoms with Gasteiger partial charge in [-0.25, -0.2) is 0 Å². The molecule has 2 heterocycles. The molecule has 1 fully saturated rings. The van der Waals surface area contributed by atoms with Crippen LogP contribution in [0.3, 0.4) is 0 Å². The highest BCUT2D eigenvalue weighted by atomic mass is 32.2. The van der Waals surface area contributed by atoms with Crippen molar-refractivity contribution in [1.82, 2.24) is 25.1 Å². The largest absolute Gasteiger partial charge is 0.508 e. The lowest BCUT2D eigenvalue weighted by Crippen LogP contribution is -2.50. The lowest BCUT2D eigenvalue weighted by atomic mass is 9.97. The number of carbonyl (C=O) groups excluding carboxylic acids is 1. The van der Waals surface area contributed by atoms with E-state index in [0.717, 1.165) is 18.5 Å². The minimum absolute atomic E-state index is 0.130. The van der Waals surface area contributed by atoms with E-state index in [1.807, 2.05) is 11.8 Å². The molecule has 1 aliphatic rings. The number of aromatic nitrogens is 4. The van der Waals surface area contributed by atoms with E-state index in [1.165, 1.54) is 18.2 Å². The van der Waals surface area contributed by atoms with Crippen molar-refractivity contribution in [2.75, 3.05) is 0 Å². The number of piperidine rings is 1. The number of thioether (sulfide) groups is 1. The van der Waals surface area contributed by atoms with Crippen LogP contribution in [0.4, 0.5) is 0 Å². The quantitative estimate of drug-likeness (QED) is 0.843. The highest BCUT2D eigenvalue weighted by Gasteiger charge is 2.32. The summed E-state index contributed by atoms with van der Waals surface area (Å²) in [6.45, 7) is 6.13. The van der Waals surface area contributed by atoms with Gasteiger partial charge >= 0.3 is 0 Å². The molecule has 1 amide bonds. The van der Waals surface area contributed by atoms with Crippen LogP contribution < -0.4 is 0 Å². The van der Waals surface area contributed by atoms with Gasteiger partial charge in [0, 0.05) is 12.1 Å². The summed E-state index contributed by atoms with van der Waals surface area (Å²) < 4.78 is 1.58. The van der Waals surface area contributed by atoms with E-state index in [2.05, 4.69) is 29.4 Å². The van der Waals surface area contributed by atoms with Crippen molar-refractivity contribution < 1.29 is 9.90 Å². The molecule has 8 heteroatoms. The number of phenols is 1. The highest BCUT2D eigenvalue weighted by Crippen LogP contribution is 2.29. The van der Waals surface area contributed by atoms with Crippen molar-refractivity contribution in [2.45, 2.75) is 62.5 Å². The summed E-state index contributed by atoms with van der Waals surface area (Å²) in [5.41, 5.74) is 0.740. The molecule has 0 aliphatic carbocycles. The third kappa shape index (κ3) is 3.78. The minimum atomic E-state index is -0.273. The number of benzene rings is 1. The maximum Gasteiger partial charge on any atom is 0.236 e. The Kier molecular flexibility index (Phi) is 5.27. The van der Waals surface area contributed by atoms with E-state index in [1.54, 1.807) is 28.9 Å². The zero-order valence-electron chi connectivity index (χ0n) is 14.7. The van der Waals surface area contributed by atoms with Crippen LogP contribution in [-0.4, -0.2) is 53.5 Å². The van der Waals surface area contributed by atoms with Gasteiger partial charge in [-0.15, -0.1) is 5.10 Å². The molecule has 3 rings (SSSR count). The summed E-state index contributed by atoms with van der Waals surface area (Å²) in [4.78, 5) is 14.9. The maximum atomic E-state index is 12.9. The summed E-state index contributed by atoms with van der Waals surface area (Å²) >= 11 is 1.35. The second-order valence-corrected chi connectivity index (χ2v) is 7.83. The van der Waals surface area contributed by atoms with Gasteiger partial charge in [-0.3, -0.25) is 4.79 Å². The van der Waals surface area contributed by atoms with E-state index in [0.29, 0.717) is 5.16 Å². The van der Waals surface area contributed by atoms with Gasteiger partial charge in [0.25, 0.3) is 0 Å². The Hall–Kier alpha value is -2.09. The predicted octanol–water partition coefficient (Wildman–Crippen LogP) is 2.64. The number of amides is 1. The molecule has 0 saturated carbocycles. The van der Waals surface area contributed by atoms with Crippen molar-refractivity contribution >= 4 is 17.7 Å². The van der Waals surface area contributed by atoms with Crippen molar-refractivity contribution in [1.29, 1.82) is 0 Å². The summed E-state index contributed by atoms with van der Waals surface area (Å²) in [5.74, 6) is 0.313. The van der Waals surface area contributed by atoms with Crippen LogP contribution in [0.1, 0.15) is 40.0 Å². The normalized spacial score (nSPS) is 22.0. The van der Waals surface area contributed by atoms with Gasteiger partial charge < -0.3 is 10.0 Å². The highest BCUT2D eigenvalue weighted by molar-refractivity contribution is 8.00. The Morgan fingerprint density at radius 2 is 1.88 bits per heavy atom. The van der Waals surface area contributed by atoms with Gasteiger partial charge in [0.2, 0.25) is 11.1 Å². The van der Waals surface area contributed by atoms with Gasteiger partial charge in [0.1, 0.15) is 5.75 Å². The number of likely N-dealkylation sites (tertiary alicyclic amines) is 1. The number of aromatic hydroxyl groups is 1. The molecule has 1 N–H and O–H groups in total. The lowest BCUT2D eigenvalue weighted by Gasteiger charge is -2.40. The number of carbonyl (C=O) groups is 1. The first-order valence-electron chi connectivity index (χ1n) is 8.54. The molecule has 1 aromatic heterocycles. The van der Waals surface area contributed by atoms with Crippen molar-refractivity contribution in [3.8, 4) is 11.4 Å². The number of tetrazole rings is 1. The topological polar surface area (TPSA) is 84.1 Å². The molecule has 1 saturated heterocycles. The standard InChI is InChI=1S/C17H23N5O2S/c1-11-5-4-6-12(2)21(11)16(24)13(3)25-17-18-19-20-22(17)14-7-9-15(23)10-8-14/h7-13,23H,4-6H2,1-3H3/t11-,12-,13-/m1/s1. The fraction of sp³-hybridized carbons (Fsp3) is 0.529. The summed E-state index contributed by atoms with van der Waals surface area (Å²) in [6.07, 6.45) is 3.28. The average molecular weight is 361 g/mol. The first kappa shape index (κ1) is 17.7. The molecular weight excluding hydrogens is 338 g/mol. The van der Waals surface area contributed by atoms with E-state index in [9.17, 15) is 9.90 Å². The number of hydrogen-bond donors (Lipinski definition) is 1. The smallest absolute Gasteiger partial charge is 0.236 e. The van der Waals surface area contributed by atoms with E-state index < -0.39 is 0 Å². The van der Waals surface area contributed by atoms with E-state index in [-0.39, 0.29) is 29.0 Å². The van der Waals surface area contributed by atoms with Crippen LogP contribution >= 0.6 is 11.8 Å². The molecular formula is C17H23N5O2S. The lowest BCUT2D eigenvalue weighted by molar-refractivity contribution is -0.136. The van der Waals surface area contributed by atoms with Gasteiger partial charge in [0.15, 0.2) is 0 Å². The van der Waals surface area contributed by atoms with Gasteiger partial charge in [-0.05, 0) is 74.7 Å². The summed E-state index contributed by atoms with van der Waals surface area (Å²) in [5, 5.41) is 21.5. The second-order valence-electron chi connectivity index (χ2n) is 6.52. The zero-order valence-corrected chi connectivity index (χ0v) is 15.5. The Morgan fingerprint density at radius 3 is 2.52 bits per heavy atom. The number of rotatable bonds is 4. The maximum absolute atomic E-state index is 12.9. The van der Waals surface area contributed by atoms with Crippen molar-refractivity contribution in [2.24, 2.45) is 0 Å². The van der Waals surface area contributed by atoms with E-state index >= 15 is 0 Å². The third-order valence-electron chi connectivity index (χ3n) is 4.61. The molecule has 0 radical (unpaired) electrons. The number of nitrogens with zero attached hydrogens (tertiary/aromatic N) is 5. The fourth-order valence-electron chi connectivity index (χ4n) is 3.28. The SMILES string of the molecule is C[C@@H]1CCC[C@@H](C)N1C(=O)[C@@H](C)Sc1nnnn1-c1ccc(O)cc1. The van der Waals surface area contributed by atoms with Gasteiger partial charge in [-0.2, -0.15) is 4.68 Å². The summed E-state index contributed by atoms with van der Waals surface area (Å²) in [7, 11) is 0. The van der Waals surface area contributed by atoms with Crippen LogP contribution in [0.25, 0.3) is 5.69 Å². The predicted molar refractivity (Wildman–Crippen MR) is 95.8 cm³/mol. The van der Waals surface area contributed by atoms with Crippen LogP contribution in [0.5, 0.6) is 5.75 Å². The minimum Gasteiger partial charge on any atom is -0.508 e. The van der Waals surface area contributed by atoms with Crippen LogP contribution in [0.2, 0.25) is 0 Å². The van der Waals surface area contributed by atoms with Crippen LogP contribution in [0, 0.1) is 0 Å². The first-order valence-corrected chi connectivity index (χ1v) is 9.42. The van der Waals surface area contributed by atoms with Crippen LogP contribution in [0.15, 0.2) is 29.4 Å². The molecule has 1 aromatic carbocycles. The summed E-state index contributed by atoms with van der Waals surface area (Å²) in [6, 6.07) is 7.17. The molecule has 3 atom stereocenters. The second kappa shape index (κ2) is 7.43. The van der Waals surface area contributed by atoms with E-state index in [4.69, 9.17) is 0 Å². The molecule has 0 unspecified atom stereocenters. The molecule has 25 heavy (non-hydrogen) atoms. The van der Waals surface area contributed by atoms with Crippen molar-refractivity contribution in [3.05, 3.63) is 24.3 Å². The molecule has 0 bridgehead atoms. The molecule has 134 valence electrons. The van der Waals surface area contributed by atoms with Gasteiger partial charge in [-0.1, -0.05) is 11.8 Å². The Morgan fingerprint density at radius 1 is 1.24 bits per heavy atom. The molecule has 1 aliphatic heterocycles. The third-order valence-corrected chi connectivity index (χ3v) is 5.63. The van der Waals surface area contributed by atoms with Crippen molar-refractivity contribution in [3.63, 3.8) is 0 Å². The molecule has 0 spiro atoms. The fourth-order valence-corrected chi connectivity index (χ4v) is 4.15. The Bertz CT molecular complexity index is 723. The monoisotopic (exact) mass is 361 g/mol. The average Bonchev–Trinajstić information content (AvgIpc) is 3.03. The van der Waals surface area contributed by atoms with Gasteiger partial charge in [0.05, 0.1) is 10.9 Å². The number of hydrogen-bond acceptors (Lipinski definition) is 6. The molecule has 2 aromatic rings. The first-order chi connectivity index (χ1) is 12.0. The Labute approximate surface area is 151 Å². The van der Waals surface area contributed by atoms with Crippen LogP contribution in [-0.2, 0) is 4.79 Å². The number of phenolic OH excluding ortho intramolecular Hbond substituents is 1.